The van der Waals surface area contributed by atoms with E-state index in [1.807, 2.05) is 25.1 Å². The molecule has 2 atom stereocenters. The molecular formula is C23H30Cl3N. The second-order valence-electron chi connectivity index (χ2n) is 7.35. The van der Waals surface area contributed by atoms with E-state index in [-0.39, 0.29) is 0 Å². The van der Waals surface area contributed by atoms with E-state index >= 15 is 0 Å². The van der Waals surface area contributed by atoms with Crippen molar-refractivity contribution in [2.24, 2.45) is 0 Å². The summed E-state index contributed by atoms with van der Waals surface area (Å²) in [6.07, 6.45) is 5.76. The van der Waals surface area contributed by atoms with Crippen LogP contribution in [0.1, 0.15) is 55.7 Å². The van der Waals surface area contributed by atoms with Crippen LogP contribution in [0.5, 0.6) is 0 Å². The third kappa shape index (κ3) is 8.44. The Bertz CT molecular complexity index is 683. The number of hydrogen-bond acceptors (Lipinski definition) is 1. The summed E-state index contributed by atoms with van der Waals surface area (Å²) in [7, 11) is 0. The van der Waals surface area contributed by atoms with Gasteiger partial charge in [0.2, 0.25) is 0 Å². The number of rotatable bonds is 5. The van der Waals surface area contributed by atoms with Crippen molar-refractivity contribution in [3.63, 3.8) is 0 Å². The topological polar surface area (TPSA) is 12.0 Å². The first kappa shape index (κ1) is 22.6. The molecule has 0 saturated heterocycles. The molecule has 27 heavy (non-hydrogen) atoms. The summed E-state index contributed by atoms with van der Waals surface area (Å²) in [5.41, 5.74) is 4.22. The molecule has 2 aromatic rings. The van der Waals surface area contributed by atoms with E-state index in [9.17, 15) is 0 Å². The summed E-state index contributed by atoms with van der Waals surface area (Å²) >= 11 is 17.6. The third-order valence-electron chi connectivity index (χ3n) is 4.89. The largest absolute Gasteiger partial charge is 0.316 e. The Kier molecular flexibility index (Phi) is 10.00. The summed E-state index contributed by atoms with van der Waals surface area (Å²) in [4.78, 5) is 0. The van der Waals surface area contributed by atoms with E-state index in [0.717, 1.165) is 42.4 Å². The zero-order chi connectivity index (χ0) is 19.6. The summed E-state index contributed by atoms with van der Waals surface area (Å²) in [5.74, 6) is 0.580. The lowest BCUT2D eigenvalue weighted by Crippen LogP contribution is -2.18. The lowest BCUT2D eigenvalue weighted by atomic mass is 9.96. The normalized spacial score (nSPS) is 17.3. The molecule has 1 heterocycles. The molecule has 1 nitrogen and oxygen atoms in total. The lowest BCUT2D eigenvalue weighted by Gasteiger charge is -2.11. The van der Waals surface area contributed by atoms with Crippen molar-refractivity contribution in [3.05, 3.63) is 69.2 Å². The van der Waals surface area contributed by atoms with Crippen LogP contribution in [0, 0.1) is 0 Å². The van der Waals surface area contributed by atoms with Crippen LogP contribution in [0.2, 0.25) is 10.0 Å². The summed E-state index contributed by atoms with van der Waals surface area (Å²) in [6.45, 7) is 6.43. The van der Waals surface area contributed by atoms with Gasteiger partial charge in [0.15, 0.2) is 0 Å². The summed E-state index contributed by atoms with van der Waals surface area (Å²) in [5, 5.41) is 5.39. The number of nitrogens with one attached hydrogen (secondary N) is 1. The maximum absolute atomic E-state index is 5.97. The molecular weight excluding hydrogens is 397 g/mol. The van der Waals surface area contributed by atoms with Crippen molar-refractivity contribution < 1.29 is 0 Å². The fraction of sp³-hybridized carbons (Fsp3) is 0.478. The van der Waals surface area contributed by atoms with Crippen LogP contribution in [0.15, 0.2) is 42.5 Å². The van der Waals surface area contributed by atoms with E-state index in [0.29, 0.717) is 11.3 Å². The maximum Gasteiger partial charge on any atom is 0.0409 e. The van der Waals surface area contributed by atoms with Gasteiger partial charge in [0.05, 0.1) is 0 Å². The molecule has 2 aromatic carbocycles. The number of aryl methyl sites for hydroxylation is 1. The molecule has 4 heteroatoms. The molecule has 1 aliphatic heterocycles. The number of hydrogen-bond donors (Lipinski definition) is 1. The fourth-order valence-electron chi connectivity index (χ4n) is 3.31. The molecule has 0 radical (unpaired) electrons. The standard InChI is InChI=1S/C12H16Cl2.C11H14ClN/c1-10(13)4-2-3-5-11-6-8-12(14)9-7-11;1-8-7-13-5-4-9-2-3-10(12)6-11(8)9/h6-10H,2-5H2,1H3;2-3,6,8,13H,4-5,7H2,1H3. The van der Waals surface area contributed by atoms with Gasteiger partial charge in [-0.05, 0) is 86.0 Å². The van der Waals surface area contributed by atoms with Crippen LogP contribution < -0.4 is 5.32 Å². The van der Waals surface area contributed by atoms with Gasteiger partial charge < -0.3 is 5.32 Å². The molecule has 1 aliphatic rings. The first-order valence-corrected chi connectivity index (χ1v) is 11.0. The first-order chi connectivity index (χ1) is 13.0. The van der Waals surface area contributed by atoms with E-state index in [2.05, 4.69) is 36.5 Å². The van der Waals surface area contributed by atoms with Gasteiger partial charge >= 0.3 is 0 Å². The first-order valence-electron chi connectivity index (χ1n) is 9.83. The second kappa shape index (κ2) is 12.0. The predicted octanol–water partition coefficient (Wildman–Crippen LogP) is 7.27. The van der Waals surface area contributed by atoms with Crippen molar-refractivity contribution in [2.45, 2.75) is 57.2 Å². The van der Waals surface area contributed by atoms with E-state index in [1.54, 1.807) is 0 Å². The van der Waals surface area contributed by atoms with Gasteiger partial charge in [-0.25, -0.2) is 0 Å². The highest BCUT2D eigenvalue weighted by atomic mass is 35.5. The number of fused-ring (bicyclic) bond motifs is 1. The maximum atomic E-state index is 5.97. The Balaban J connectivity index is 0.000000194. The van der Waals surface area contributed by atoms with Crippen LogP contribution in [0.25, 0.3) is 0 Å². The third-order valence-corrected chi connectivity index (χ3v) is 5.60. The Labute approximate surface area is 179 Å². The quantitative estimate of drug-likeness (QED) is 0.391. The highest BCUT2D eigenvalue weighted by Gasteiger charge is 2.14. The van der Waals surface area contributed by atoms with Crippen LogP contribution in [-0.4, -0.2) is 18.5 Å². The van der Waals surface area contributed by atoms with Gasteiger partial charge in [0.25, 0.3) is 0 Å². The number of alkyl halides is 1. The van der Waals surface area contributed by atoms with Gasteiger partial charge in [0.1, 0.15) is 0 Å². The monoisotopic (exact) mass is 425 g/mol. The van der Waals surface area contributed by atoms with Gasteiger partial charge in [-0.15, -0.1) is 11.6 Å². The molecule has 0 aromatic heterocycles. The highest BCUT2D eigenvalue weighted by Crippen LogP contribution is 2.25. The molecule has 3 rings (SSSR count). The molecule has 0 bridgehead atoms. The van der Waals surface area contributed by atoms with Gasteiger partial charge in [-0.1, -0.05) is 54.7 Å². The molecule has 148 valence electrons. The minimum Gasteiger partial charge on any atom is -0.316 e. The van der Waals surface area contributed by atoms with Crippen LogP contribution >= 0.6 is 34.8 Å². The Hall–Kier alpha value is -0.730. The van der Waals surface area contributed by atoms with E-state index in [4.69, 9.17) is 34.8 Å². The molecule has 0 spiro atoms. The Morgan fingerprint density at radius 2 is 1.74 bits per heavy atom. The molecule has 0 fully saturated rings. The smallest absolute Gasteiger partial charge is 0.0409 e. The zero-order valence-electron chi connectivity index (χ0n) is 16.3. The second-order valence-corrected chi connectivity index (χ2v) is 8.97. The Morgan fingerprint density at radius 1 is 1.04 bits per heavy atom. The number of halogens is 3. The average molecular weight is 427 g/mol. The van der Waals surface area contributed by atoms with Crippen molar-refractivity contribution in [1.29, 1.82) is 0 Å². The highest BCUT2D eigenvalue weighted by molar-refractivity contribution is 6.30. The van der Waals surface area contributed by atoms with Crippen molar-refractivity contribution in [2.75, 3.05) is 13.1 Å². The van der Waals surface area contributed by atoms with Crippen LogP contribution in [0.4, 0.5) is 0 Å². The molecule has 0 saturated carbocycles. The van der Waals surface area contributed by atoms with E-state index in [1.165, 1.54) is 29.5 Å². The molecule has 0 aliphatic carbocycles. The fourth-order valence-corrected chi connectivity index (χ4v) is 3.77. The van der Waals surface area contributed by atoms with Crippen LogP contribution in [-0.2, 0) is 12.8 Å². The minimum absolute atomic E-state index is 0.306. The van der Waals surface area contributed by atoms with Crippen molar-refractivity contribution in [3.8, 4) is 0 Å². The summed E-state index contributed by atoms with van der Waals surface area (Å²) in [6, 6.07) is 14.3. The van der Waals surface area contributed by atoms with Crippen molar-refractivity contribution in [1.82, 2.24) is 5.32 Å². The summed E-state index contributed by atoms with van der Waals surface area (Å²) < 4.78 is 0. The minimum atomic E-state index is 0.306. The average Bonchev–Trinajstić information content (AvgIpc) is 2.82. The molecule has 0 amide bonds. The van der Waals surface area contributed by atoms with E-state index < -0.39 is 0 Å². The van der Waals surface area contributed by atoms with Gasteiger partial charge in [-0.3, -0.25) is 0 Å². The molecule has 2 unspecified atom stereocenters. The van der Waals surface area contributed by atoms with Crippen molar-refractivity contribution >= 4 is 34.8 Å². The Morgan fingerprint density at radius 3 is 2.44 bits per heavy atom. The zero-order valence-corrected chi connectivity index (χ0v) is 18.5. The van der Waals surface area contributed by atoms with Crippen LogP contribution in [0.3, 0.4) is 0 Å². The number of benzene rings is 2. The molecule has 1 N–H and O–H groups in total. The van der Waals surface area contributed by atoms with Gasteiger partial charge in [-0.2, -0.15) is 0 Å². The van der Waals surface area contributed by atoms with Gasteiger partial charge in [0, 0.05) is 22.0 Å². The number of unbranched alkanes of at least 4 members (excludes halogenated alkanes) is 1. The predicted molar refractivity (Wildman–Crippen MR) is 121 cm³/mol. The SMILES string of the molecule is CC(Cl)CCCCc1ccc(Cl)cc1.CC1CNCCc2ccc(Cl)cc21. The lowest BCUT2D eigenvalue weighted by molar-refractivity contribution is 0.644.